The number of hydrogen-bond donors (Lipinski definition) is 2. The number of carbonyl (C=O) groups excluding carboxylic acids is 1. The number of rotatable bonds is 3. The minimum atomic E-state index is -0.666. The van der Waals surface area contributed by atoms with E-state index in [1.165, 1.54) is 12.1 Å². The Morgan fingerprint density at radius 3 is 2.16 bits per heavy atom. The van der Waals surface area contributed by atoms with Crippen molar-refractivity contribution < 1.29 is 9.18 Å². The maximum atomic E-state index is 13.3. The number of nitrogens with one attached hydrogen (secondary N) is 2. The van der Waals surface area contributed by atoms with Crippen LogP contribution in [0.5, 0.6) is 0 Å². The van der Waals surface area contributed by atoms with Crippen molar-refractivity contribution in [1.82, 2.24) is 5.32 Å². The lowest BCUT2D eigenvalue weighted by molar-refractivity contribution is -0.122. The van der Waals surface area contributed by atoms with E-state index in [9.17, 15) is 9.18 Å². The highest BCUT2D eigenvalue weighted by Crippen LogP contribution is 2.27. The van der Waals surface area contributed by atoms with Crippen molar-refractivity contribution in [3.63, 3.8) is 0 Å². The first-order valence-electron chi connectivity index (χ1n) is 5.83. The van der Waals surface area contributed by atoms with Crippen molar-refractivity contribution >= 4 is 34.8 Å². The zero-order chi connectivity index (χ0) is 14.8. The lowest BCUT2D eigenvalue weighted by Gasteiger charge is -2.24. The number of carbonyl (C=O) groups is 1. The van der Waals surface area contributed by atoms with Crippen molar-refractivity contribution in [1.29, 1.82) is 0 Å². The molecule has 1 aromatic rings. The van der Waals surface area contributed by atoms with E-state index in [2.05, 4.69) is 10.6 Å². The van der Waals surface area contributed by atoms with Gasteiger partial charge in [-0.2, -0.15) is 0 Å². The molecule has 1 rings (SSSR count). The summed E-state index contributed by atoms with van der Waals surface area (Å²) in [5.74, 6) is -0.829. The molecule has 0 aromatic heterocycles. The minimum absolute atomic E-state index is 0.0848. The van der Waals surface area contributed by atoms with Gasteiger partial charge in [-0.25, -0.2) is 4.39 Å². The summed E-state index contributed by atoms with van der Waals surface area (Å²) in [4.78, 5) is 11.9. The van der Waals surface area contributed by atoms with Crippen LogP contribution in [0.15, 0.2) is 12.1 Å². The first-order valence-corrected chi connectivity index (χ1v) is 6.59. The zero-order valence-electron chi connectivity index (χ0n) is 11.3. The van der Waals surface area contributed by atoms with Crippen LogP contribution in [0.25, 0.3) is 0 Å². The second kappa shape index (κ2) is 5.97. The van der Waals surface area contributed by atoms with E-state index in [1.807, 2.05) is 20.8 Å². The Kier molecular flexibility index (Phi) is 5.04. The third-order valence-electron chi connectivity index (χ3n) is 2.26. The number of hydrogen-bond acceptors (Lipinski definition) is 2. The highest BCUT2D eigenvalue weighted by Gasteiger charge is 2.19. The predicted molar refractivity (Wildman–Crippen MR) is 77.4 cm³/mol. The van der Waals surface area contributed by atoms with Gasteiger partial charge in [0.25, 0.3) is 0 Å². The normalized spacial score (nSPS) is 13.0. The van der Waals surface area contributed by atoms with E-state index in [0.717, 1.165) is 0 Å². The maximum Gasteiger partial charge on any atom is 0.242 e. The fourth-order valence-electron chi connectivity index (χ4n) is 1.43. The van der Waals surface area contributed by atoms with Gasteiger partial charge in [-0.15, -0.1) is 0 Å². The molecular weight excluding hydrogens is 290 g/mol. The van der Waals surface area contributed by atoms with Crippen LogP contribution >= 0.6 is 23.2 Å². The monoisotopic (exact) mass is 306 g/mol. The van der Waals surface area contributed by atoms with Gasteiger partial charge in [0.15, 0.2) is 5.82 Å². The van der Waals surface area contributed by atoms with E-state index in [0.29, 0.717) is 5.69 Å². The van der Waals surface area contributed by atoms with Crippen molar-refractivity contribution in [2.45, 2.75) is 39.3 Å². The maximum absolute atomic E-state index is 13.3. The molecule has 0 radical (unpaired) electrons. The molecule has 0 saturated carbocycles. The summed E-state index contributed by atoms with van der Waals surface area (Å²) in [6.07, 6.45) is 0. The molecule has 0 aliphatic heterocycles. The molecule has 0 spiro atoms. The summed E-state index contributed by atoms with van der Waals surface area (Å²) in [5.41, 5.74) is 0.179. The second-order valence-corrected chi connectivity index (χ2v) is 6.17. The fraction of sp³-hybridized carbons (Fsp3) is 0.462. The fourth-order valence-corrected chi connectivity index (χ4v) is 1.92. The molecule has 19 heavy (non-hydrogen) atoms. The van der Waals surface area contributed by atoms with Crippen LogP contribution < -0.4 is 10.6 Å². The van der Waals surface area contributed by atoms with Crippen molar-refractivity contribution in [2.24, 2.45) is 0 Å². The van der Waals surface area contributed by atoms with Gasteiger partial charge in [0.2, 0.25) is 5.91 Å². The average Bonchev–Trinajstić information content (AvgIpc) is 2.23. The van der Waals surface area contributed by atoms with Gasteiger partial charge < -0.3 is 10.6 Å². The summed E-state index contributed by atoms with van der Waals surface area (Å²) < 4.78 is 13.3. The molecule has 1 atom stereocenters. The molecule has 0 bridgehead atoms. The first kappa shape index (κ1) is 16.1. The van der Waals surface area contributed by atoms with Crippen molar-refractivity contribution in [3.05, 3.63) is 28.0 Å². The number of amides is 1. The van der Waals surface area contributed by atoms with Gasteiger partial charge in [-0.1, -0.05) is 23.2 Å². The van der Waals surface area contributed by atoms with E-state index < -0.39 is 11.9 Å². The van der Waals surface area contributed by atoms with Gasteiger partial charge in [0, 0.05) is 11.2 Å². The molecule has 0 aliphatic rings. The summed E-state index contributed by atoms with van der Waals surface area (Å²) in [6, 6.07) is 2.30. The Labute approximate surface area is 122 Å². The molecule has 0 fully saturated rings. The number of benzene rings is 1. The number of halogens is 3. The molecule has 1 aromatic carbocycles. The van der Waals surface area contributed by atoms with Crippen LogP contribution in [0.4, 0.5) is 10.1 Å². The standard InChI is InChI=1S/C13H17Cl2FN2O/c1-7(12(19)18-13(2,3)4)17-8-5-9(14)11(16)10(15)6-8/h5-7,17H,1-4H3,(H,18,19). The van der Waals surface area contributed by atoms with Crippen LogP contribution in [0, 0.1) is 5.82 Å². The quantitative estimate of drug-likeness (QED) is 0.833. The van der Waals surface area contributed by atoms with Gasteiger partial charge in [-0.3, -0.25) is 4.79 Å². The lowest BCUT2D eigenvalue weighted by Crippen LogP contribution is -2.47. The summed E-state index contributed by atoms with van der Waals surface area (Å²) >= 11 is 11.4. The van der Waals surface area contributed by atoms with Crippen LogP contribution in [0.3, 0.4) is 0 Å². The van der Waals surface area contributed by atoms with Gasteiger partial charge in [-0.05, 0) is 39.8 Å². The molecule has 1 unspecified atom stereocenters. The highest BCUT2D eigenvalue weighted by atomic mass is 35.5. The van der Waals surface area contributed by atoms with E-state index in [4.69, 9.17) is 23.2 Å². The SMILES string of the molecule is CC(Nc1cc(Cl)c(F)c(Cl)c1)C(=O)NC(C)(C)C. The summed E-state index contributed by atoms with van der Waals surface area (Å²) in [5, 5.41) is 5.59. The molecule has 2 N–H and O–H groups in total. The Morgan fingerprint density at radius 2 is 1.74 bits per heavy atom. The average molecular weight is 307 g/mol. The summed E-state index contributed by atoms with van der Waals surface area (Å²) in [6.45, 7) is 7.38. The Bertz CT molecular complexity index is 463. The van der Waals surface area contributed by atoms with Gasteiger partial charge in [0.05, 0.1) is 10.0 Å². The largest absolute Gasteiger partial charge is 0.374 e. The predicted octanol–water partition coefficient (Wildman–Crippen LogP) is 3.85. The van der Waals surface area contributed by atoms with Crippen molar-refractivity contribution in [2.75, 3.05) is 5.32 Å². The molecule has 0 saturated heterocycles. The van der Waals surface area contributed by atoms with Crippen LogP contribution in [0.2, 0.25) is 10.0 Å². The minimum Gasteiger partial charge on any atom is -0.374 e. The molecule has 0 heterocycles. The topological polar surface area (TPSA) is 41.1 Å². The molecule has 1 amide bonds. The van der Waals surface area contributed by atoms with Gasteiger partial charge in [0.1, 0.15) is 6.04 Å². The second-order valence-electron chi connectivity index (χ2n) is 5.36. The molecule has 3 nitrogen and oxygen atoms in total. The lowest BCUT2D eigenvalue weighted by atomic mass is 10.1. The molecule has 6 heteroatoms. The highest BCUT2D eigenvalue weighted by molar-refractivity contribution is 6.35. The molecule has 0 aliphatic carbocycles. The molecule has 106 valence electrons. The van der Waals surface area contributed by atoms with E-state index in [1.54, 1.807) is 6.92 Å². The van der Waals surface area contributed by atoms with E-state index in [-0.39, 0.29) is 21.5 Å². The first-order chi connectivity index (χ1) is 8.60. The molecular formula is C13H17Cl2FN2O. The third-order valence-corrected chi connectivity index (χ3v) is 2.81. The third kappa shape index (κ3) is 4.88. The number of anilines is 1. The van der Waals surface area contributed by atoms with Crippen molar-refractivity contribution in [3.8, 4) is 0 Å². The van der Waals surface area contributed by atoms with Crippen LogP contribution in [0.1, 0.15) is 27.7 Å². The van der Waals surface area contributed by atoms with Crippen LogP contribution in [-0.4, -0.2) is 17.5 Å². The Morgan fingerprint density at radius 1 is 1.26 bits per heavy atom. The Balaban J connectivity index is 2.77. The van der Waals surface area contributed by atoms with Crippen LogP contribution in [-0.2, 0) is 4.79 Å². The Hall–Kier alpha value is -1.00. The van der Waals surface area contributed by atoms with E-state index >= 15 is 0 Å². The zero-order valence-corrected chi connectivity index (χ0v) is 12.8. The van der Waals surface area contributed by atoms with Gasteiger partial charge >= 0.3 is 0 Å². The summed E-state index contributed by atoms with van der Waals surface area (Å²) in [7, 11) is 0. The smallest absolute Gasteiger partial charge is 0.242 e.